The van der Waals surface area contributed by atoms with Crippen LogP contribution in [0.25, 0.3) is 0 Å². The Balaban J connectivity index is -0.00000000375. The Morgan fingerprint density at radius 3 is 0.625 bits per heavy atom. The van der Waals surface area contributed by atoms with E-state index in [0.29, 0.717) is 0 Å². The Labute approximate surface area is 147 Å². The van der Waals surface area contributed by atoms with Crippen LogP contribution in [0, 0.1) is 0 Å². The van der Waals surface area contributed by atoms with Gasteiger partial charge in [-0.15, -0.1) is 0 Å². The van der Waals surface area contributed by atoms with Gasteiger partial charge in [0.05, 0.1) is 0 Å². The molecule has 0 fully saturated rings. The Bertz CT molecular complexity index is 82.8. The van der Waals surface area contributed by atoms with E-state index in [0.717, 1.165) is 0 Å². The minimum absolute atomic E-state index is 0. The maximum absolute atomic E-state index is 9.14. The second kappa shape index (κ2) is 66.3. The van der Waals surface area contributed by atoms with Gasteiger partial charge in [0.1, 0.15) is 0 Å². The van der Waals surface area contributed by atoms with Crippen molar-refractivity contribution in [1.29, 1.82) is 0 Å². The summed E-state index contributed by atoms with van der Waals surface area (Å²) in [5.74, 6) is 0. The van der Waals surface area contributed by atoms with Crippen molar-refractivity contribution >= 4 is 29.9 Å². The third-order valence-electron chi connectivity index (χ3n) is 0. The summed E-state index contributed by atoms with van der Waals surface area (Å²) in [6, 6.07) is 0. The van der Waals surface area contributed by atoms with Crippen LogP contribution in [0.1, 0.15) is 0 Å². The van der Waals surface area contributed by atoms with E-state index in [-0.39, 0.29) is 92.0 Å². The second-order valence-corrected chi connectivity index (χ2v) is 5.11. The first-order chi connectivity index (χ1) is 3.46. The Morgan fingerprint density at radius 2 is 0.625 bits per heavy atom. The fourth-order valence-electron chi connectivity index (χ4n) is 0. The van der Waals surface area contributed by atoms with Crippen LogP contribution in [-0.2, 0) is 7.48 Å². The van der Waals surface area contributed by atoms with E-state index in [4.69, 9.17) is 15.7 Å². The van der Waals surface area contributed by atoms with E-state index in [1.807, 2.05) is 0 Å². The van der Waals surface area contributed by atoms with Gasteiger partial charge in [0.15, 0.2) is 0 Å². The number of rotatable bonds is 0. The van der Waals surface area contributed by atoms with Crippen molar-refractivity contribution in [3.8, 4) is 0 Å². The molecule has 16 heavy (non-hydrogen) atoms. The molecule has 0 spiro atoms. The van der Waals surface area contributed by atoms with Crippen molar-refractivity contribution in [2.24, 2.45) is 0 Å². The topological polar surface area (TPSA) is 269 Å². The monoisotopic (exact) mass is 400 g/mol. The molecule has 0 aliphatic carbocycles. The molecule has 100 valence electrons. The molecule has 0 aliphatic heterocycles. The molecule has 0 aliphatic rings. The van der Waals surface area contributed by atoms with Gasteiger partial charge in [-0.05, 0) is 0 Å². The van der Waals surface area contributed by atoms with Crippen LogP contribution in [0.3, 0.4) is 0 Å². The summed E-state index contributed by atoms with van der Waals surface area (Å²) >= 11 is -5.67. The summed E-state index contributed by atoms with van der Waals surface area (Å²) in [4.78, 5) is 0. The van der Waals surface area contributed by atoms with Gasteiger partial charge in [-0.25, -0.2) is 0 Å². The predicted octanol–water partition coefficient (Wildman–Crippen LogP) is -13.7. The van der Waals surface area contributed by atoms with E-state index in [2.05, 4.69) is 0 Å². The van der Waals surface area contributed by atoms with E-state index < -0.39 is 29.9 Å². The zero-order valence-electron chi connectivity index (χ0n) is 9.63. The summed E-state index contributed by atoms with van der Waals surface area (Å²) in [6.07, 6.45) is 0. The normalized spacial score (nSPS) is 7.75. The van der Waals surface area contributed by atoms with Crippen molar-refractivity contribution in [2.45, 2.75) is 11.4 Å². The molecular weight excluding hydrogens is 380 g/mol. The summed E-state index contributed by atoms with van der Waals surface area (Å²) in [5, 5.41) is 0. The number of hydrogen-bond acceptors (Lipinski definition) is 4. The smallest absolute Gasteiger partial charge is 0.412 e. The standard InChI is InChI=1S/2CH5AsO2.2Na.6H2O/c2*1-2(3)4;;;;;;;;/h2*2H,1H3,(H,3,4);;;6*1H2/q;;2*+1;;;;;;/p-2. The van der Waals surface area contributed by atoms with Gasteiger partial charge >= 0.3 is 116 Å². The van der Waals surface area contributed by atoms with Gasteiger partial charge in [-0.1, -0.05) is 0 Å². The molecule has 0 saturated carbocycles. The summed E-state index contributed by atoms with van der Waals surface area (Å²) in [5.41, 5.74) is 2.44. The summed E-state index contributed by atoms with van der Waals surface area (Å²) in [7, 11) is 0. The molecule has 0 heterocycles. The Kier molecular flexibility index (Phi) is 327. The maximum atomic E-state index is 9.14. The minimum atomic E-state index is -2.83. The molecule has 14 heteroatoms. The van der Waals surface area contributed by atoms with Gasteiger partial charge < -0.3 is 32.9 Å². The molecule has 10 nitrogen and oxygen atoms in total. The van der Waals surface area contributed by atoms with E-state index >= 15 is 0 Å². The average Bonchev–Trinajstić information content (AvgIpc) is 1.25. The first kappa shape index (κ1) is 79.0. The van der Waals surface area contributed by atoms with Crippen LogP contribution < -0.4 is 67.3 Å². The molecule has 0 amide bonds. The van der Waals surface area contributed by atoms with Crippen LogP contribution in [0.5, 0.6) is 0 Å². The van der Waals surface area contributed by atoms with Crippen LogP contribution in [-0.4, -0.2) is 62.7 Å². The third-order valence-corrected chi connectivity index (χ3v) is 0. The van der Waals surface area contributed by atoms with Crippen molar-refractivity contribution in [3.63, 3.8) is 0 Å². The number of hydrogen-bond donors (Lipinski definition) is 0. The van der Waals surface area contributed by atoms with Crippen LogP contribution in [0.2, 0.25) is 11.4 Å². The molecule has 0 aromatic heterocycles. The molecule has 12 N–H and O–H groups in total. The van der Waals surface area contributed by atoms with Gasteiger partial charge in [0.25, 0.3) is 0 Å². The van der Waals surface area contributed by atoms with Gasteiger partial charge in [0, 0.05) is 0 Å². The van der Waals surface area contributed by atoms with Crippen molar-refractivity contribution < 1.29 is 108 Å². The molecule has 2 atom stereocenters. The van der Waals surface area contributed by atoms with Crippen LogP contribution in [0.4, 0.5) is 0 Å². The van der Waals surface area contributed by atoms with Gasteiger partial charge in [-0.2, -0.15) is 0 Å². The quantitative estimate of drug-likeness (QED) is 0.358. The molecule has 0 aromatic rings. The van der Waals surface area contributed by atoms with Gasteiger partial charge in [0.2, 0.25) is 0 Å². The van der Waals surface area contributed by atoms with E-state index in [9.17, 15) is 0 Å². The zero-order valence-corrected chi connectivity index (χ0v) is 17.8. The minimum Gasteiger partial charge on any atom is -0.412 e. The molecule has 2 unspecified atom stereocenters. The fraction of sp³-hybridized carbons (Fsp3) is 1.00. The predicted molar refractivity (Wildman–Crippen MR) is 49.1 cm³/mol. The average molecular weight is 400 g/mol. The Hall–Kier alpha value is 2.40. The Morgan fingerprint density at radius 1 is 0.625 bits per heavy atom. The summed E-state index contributed by atoms with van der Waals surface area (Å²) in [6.45, 7) is 0. The SMILES string of the molecule is C[AsH](=O)[O-].C[AsH](=O)[O-].O.O.O.O.O.O.[Na+].[Na+]. The van der Waals surface area contributed by atoms with Gasteiger partial charge in [-0.3, -0.25) is 0 Å². The van der Waals surface area contributed by atoms with Crippen LogP contribution in [0.15, 0.2) is 0 Å². The third kappa shape index (κ3) is 677. The zero-order chi connectivity index (χ0) is 7.15. The molecule has 0 radical (unpaired) electrons. The first-order valence-electron chi connectivity index (χ1n) is 1.82. The van der Waals surface area contributed by atoms with Crippen molar-refractivity contribution in [1.82, 2.24) is 0 Å². The largest absolute Gasteiger partial charge is 1.00 e. The first-order valence-corrected chi connectivity index (χ1v) is 9.44. The molecule has 0 aromatic carbocycles. The summed E-state index contributed by atoms with van der Waals surface area (Å²) < 4.78 is 36.6. The van der Waals surface area contributed by atoms with Crippen molar-refractivity contribution in [2.75, 3.05) is 0 Å². The van der Waals surface area contributed by atoms with E-state index in [1.54, 1.807) is 0 Å². The fourth-order valence-corrected chi connectivity index (χ4v) is 0. The van der Waals surface area contributed by atoms with E-state index in [1.165, 1.54) is 11.4 Å². The molecule has 0 saturated heterocycles. The maximum Gasteiger partial charge on any atom is 1.00 e. The molecule has 0 rings (SSSR count). The van der Waals surface area contributed by atoms with Crippen LogP contribution >= 0.6 is 0 Å². The second-order valence-electron chi connectivity index (χ2n) is 0.983. The molecule has 0 bridgehead atoms. The molecular formula is C2H20As2Na2O10. The van der Waals surface area contributed by atoms with Crippen molar-refractivity contribution in [3.05, 3.63) is 0 Å².